The second kappa shape index (κ2) is 6.71. The Balaban J connectivity index is 1.67. The molecule has 0 saturated carbocycles. The van der Waals surface area contributed by atoms with E-state index in [9.17, 15) is 9.18 Å². The number of nitrogens with zero attached hydrogens (tertiary/aromatic N) is 2. The molecule has 0 spiro atoms. The summed E-state index contributed by atoms with van der Waals surface area (Å²) in [5, 5.41) is 0. The number of anilines is 1. The maximum Gasteiger partial charge on any atom is 0.256 e. The Morgan fingerprint density at radius 2 is 1.78 bits per heavy atom. The van der Waals surface area contributed by atoms with Crippen LogP contribution >= 0.6 is 15.9 Å². The van der Waals surface area contributed by atoms with Gasteiger partial charge in [0.15, 0.2) is 0 Å². The first kappa shape index (κ1) is 16.0. The van der Waals surface area contributed by atoms with Gasteiger partial charge in [-0.3, -0.25) is 4.79 Å². The molecule has 0 bridgehead atoms. The molecule has 1 saturated heterocycles. The molecule has 0 atom stereocenters. The van der Waals surface area contributed by atoms with Crippen molar-refractivity contribution in [2.75, 3.05) is 31.1 Å². The standard InChI is InChI=1S/C18H18BrFN2O/c1-13-12-14(6-7-16(13)19)21-8-10-22(11-9-21)18(23)15-4-2-3-5-17(15)20/h2-7,12H,8-11H2,1H3. The first-order valence-electron chi connectivity index (χ1n) is 7.61. The predicted molar refractivity (Wildman–Crippen MR) is 93.4 cm³/mol. The van der Waals surface area contributed by atoms with E-state index >= 15 is 0 Å². The molecule has 1 aliphatic heterocycles. The lowest BCUT2D eigenvalue weighted by Crippen LogP contribution is -2.49. The third-order valence-corrected chi connectivity index (χ3v) is 5.07. The quantitative estimate of drug-likeness (QED) is 0.794. The third-order valence-electron chi connectivity index (χ3n) is 4.18. The molecule has 3 rings (SSSR count). The summed E-state index contributed by atoms with van der Waals surface area (Å²) in [6, 6.07) is 12.4. The van der Waals surface area contributed by atoms with Crippen molar-refractivity contribution >= 4 is 27.5 Å². The number of halogens is 2. The van der Waals surface area contributed by atoms with Gasteiger partial charge >= 0.3 is 0 Å². The number of carbonyl (C=O) groups excluding carboxylic acids is 1. The first-order chi connectivity index (χ1) is 11.1. The number of rotatable bonds is 2. The first-order valence-corrected chi connectivity index (χ1v) is 8.40. The number of benzene rings is 2. The minimum Gasteiger partial charge on any atom is -0.368 e. The zero-order valence-corrected chi connectivity index (χ0v) is 14.5. The van der Waals surface area contributed by atoms with E-state index in [0.29, 0.717) is 13.1 Å². The Kier molecular flexibility index (Phi) is 4.66. The Morgan fingerprint density at radius 1 is 1.09 bits per heavy atom. The van der Waals surface area contributed by atoms with Crippen LogP contribution in [0.25, 0.3) is 0 Å². The van der Waals surface area contributed by atoms with E-state index in [1.807, 2.05) is 6.07 Å². The van der Waals surface area contributed by atoms with E-state index in [1.165, 1.54) is 11.6 Å². The second-order valence-electron chi connectivity index (χ2n) is 5.69. The van der Waals surface area contributed by atoms with Gasteiger partial charge in [-0.1, -0.05) is 28.1 Å². The summed E-state index contributed by atoms with van der Waals surface area (Å²) in [5.74, 6) is -0.682. The molecule has 2 aromatic carbocycles. The lowest BCUT2D eigenvalue weighted by molar-refractivity contribution is 0.0742. The van der Waals surface area contributed by atoms with Crippen LogP contribution < -0.4 is 4.90 Å². The van der Waals surface area contributed by atoms with Gasteiger partial charge in [0.05, 0.1) is 5.56 Å². The van der Waals surface area contributed by atoms with Crippen molar-refractivity contribution in [3.63, 3.8) is 0 Å². The molecule has 120 valence electrons. The summed E-state index contributed by atoms with van der Waals surface area (Å²) in [6.07, 6.45) is 0. The molecule has 0 aliphatic carbocycles. The van der Waals surface area contributed by atoms with Gasteiger partial charge in [-0.05, 0) is 42.8 Å². The van der Waals surface area contributed by atoms with Crippen LogP contribution in [0.3, 0.4) is 0 Å². The topological polar surface area (TPSA) is 23.6 Å². The molecular weight excluding hydrogens is 359 g/mol. The summed E-state index contributed by atoms with van der Waals surface area (Å²) >= 11 is 3.51. The number of amides is 1. The molecule has 2 aromatic rings. The Bertz CT molecular complexity index is 727. The van der Waals surface area contributed by atoms with Crippen molar-refractivity contribution in [2.45, 2.75) is 6.92 Å². The minimum atomic E-state index is -0.455. The van der Waals surface area contributed by atoms with Gasteiger partial charge in [0.1, 0.15) is 5.82 Å². The highest BCUT2D eigenvalue weighted by Gasteiger charge is 2.24. The van der Waals surface area contributed by atoms with Gasteiger partial charge < -0.3 is 9.80 Å². The van der Waals surface area contributed by atoms with Crippen LogP contribution in [-0.2, 0) is 0 Å². The van der Waals surface area contributed by atoms with Crippen LogP contribution in [0, 0.1) is 12.7 Å². The van der Waals surface area contributed by atoms with E-state index in [-0.39, 0.29) is 11.5 Å². The Morgan fingerprint density at radius 3 is 2.43 bits per heavy atom. The molecule has 23 heavy (non-hydrogen) atoms. The van der Waals surface area contributed by atoms with Crippen molar-refractivity contribution in [1.82, 2.24) is 4.90 Å². The van der Waals surface area contributed by atoms with Crippen molar-refractivity contribution in [1.29, 1.82) is 0 Å². The third kappa shape index (κ3) is 3.39. The van der Waals surface area contributed by atoms with Crippen LogP contribution in [0.4, 0.5) is 10.1 Å². The van der Waals surface area contributed by atoms with E-state index in [4.69, 9.17) is 0 Å². The van der Waals surface area contributed by atoms with E-state index in [0.717, 1.165) is 23.2 Å². The van der Waals surface area contributed by atoms with Crippen molar-refractivity contribution in [3.05, 3.63) is 63.9 Å². The van der Waals surface area contributed by atoms with Gasteiger partial charge in [-0.2, -0.15) is 0 Å². The second-order valence-corrected chi connectivity index (χ2v) is 6.55. The average Bonchev–Trinajstić information content (AvgIpc) is 2.57. The molecular formula is C18H18BrFN2O. The molecule has 0 radical (unpaired) electrons. The Labute approximate surface area is 143 Å². The molecule has 1 amide bonds. The summed E-state index contributed by atoms with van der Waals surface area (Å²) in [7, 11) is 0. The molecule has 0 aromatic heterocycles. The normalized spacial score (nSPS) is 14.9. The Hall–Kier alpha value is -1.88. The van der Waals surface area contributed by atoms with E-state index in [1.54, 1.807) is 23.1 Å². The maximum atomic E-state index is 13.8. The predicted octanol–water partition coefficient (Wildman–Crippen LogP) is 3.86. The fourth-order valence-electron chi connectivity index (χ4n) is 2.80. The SMILES string of the molecule is Cc1cc(N2CCN(C(=O)c3ccccc3F)CC2)ccc1Br. The van der Waals surface area contributed by atoms with E-state index in [2.05, 4.69) is 39.9 Å². The van der Waals surface area contributed by atoms with Gasteiger partial charge in [-0.15, -0.1) is 0 Å². The maximum absolute atomic E-state index is 13.8. The fourth-order valence-corrected chi connectivity index (χ4v) is 3.04. The molecule has 5 heteroatoms. The molecule has 0 unspecified atom stereocenters. The van der Waals surface area contributed by atoms with Gasteiger partial charge in [-0.25, -0.2) is 4.39 Å². The van der Waals surface area contributed by atoms with Crippen LogP contribution in [0.2, 0.25) is 0 Å². The molecule has 1 aliphatic rings. The van der Waals surface area contributed by atoms with Gasteiger partial charge in [0, 0.05) is 36.3 Å². The van der Waals surface area contributed by atoms with E-state index < -0.39 is 5.82 Å². The summed E-state index contributed by atoms with van der Waals surface area (Å²) in [5.41, 5.74) is 2.50. The van der Waals surface area contributed by atoms with Crippen molar-refractivity contribution in [2.24, 2.45) is 0 Å². The van der Waals surface area contributed by atoms with Crippen LogP contribution in [-0.4, -0.2) is 37.0 Å². The highest BCUT2D eigenvalue weighted by atomic mass is 79.9. The average molecular weight is 377 g/mol. The fraction of sp³-hybridized carbons (Fsp3) is 0.278. The lowest BCUT2D eigenvalue weighted by atomic mass is 10.1. The largest absolute Gasteiger partial charge is 0.368 e. The number of carbonyl (C=O) groups is 1. The molecule has 3 nitrogen and oxygen atoms in total. The number of aryl methyl sites for hydroxylation is 1. The lowest BCUT2D eigenvalue weighted by Gasteiger charge is -2.36. The van der Waals surface area contributed by atoms with Gasteiger partial charge in [0.25, 0.3) is 5.91 Å². The monoisotopic (exact) mass is 376 g/mol. The summed E-state index contributed by atoms with van der Waals surface area (Å²) in [4.78, 5) is 16.4. The zero-order chi connectivity index (χ0) is 16.4. The van der Waals surface area contributed by atoms with Gasteiger partial charge in [0.2, 0.25) is 0 Å². The highest BCUT2D eigenvalue weighted by molar-refractivity contribution is 9.10. The molecule has 0 N–H and O–H groups in total. The van der Waals surface area contributed by atoms with Crippen LogP contribution in [0.1, 0.15) is 15.9 Å². The highest BCUT2D eigenvalue weighted by Crippen LogP contribution is 2.24. The zero-order valence-electron chi connectivity index (χ0n) is 12.9. The molecule has 1 heterocycles. The number of hydrogen-bond donors (Lipinski definition) is 0. The van der Waals surface area contributed by atoms with Crippen LogP contribution in [0.5, 0.6) is 0 Å². The minimum absolute atomic E-state index is 0.153. The number of hydrogen-bond acceptors (Lipinski definition) is 2. The summed E-state index contributed by atoms with van der Waals surface area (Å²) in [6.45, 7) is 4.76. The summed E-state index contributed by atoms with van der Waals surface area (Å²) < 4.78 is 14.8. The molecule has 1 fully saturated rings. The van der Waals surface area contributed by atoms with Crippen molar-refractivity contribution in [3.8, 4) is 0 Å². The smallest absolute Gasteiger partial charge is 0.256 e. The number of piperazine rings is 1. The van der Waals surface area contributed by atoms with Crippen LogP contribution in [0.15, 0.2) is 46.9 Å². The van der Waals surface area contributed by atoms with Crippen molar-refractivity contribution < 1.29 is 9.18 Å².